The van der Waals surface area contributed by atoms with Crippen molar-refractivity contribution in [3.8, 4) is 0 Å². The molecule has 3 aliphatic heterocycles. The zero-order valence-corrected chi connectivity index (χ0v) is 20.4. The highest BCUT2D eigenvalue weighted by Gasteiger charge is 2.42. The lowest BCUT2D eigenvalue weighted by Gasteiger charge is -2.49. The third-order valence-electron chi connectivity index (χ3n) is 7.22. The molecule has 0 spiro atoms. The van der Waals surface area contributed by atoms with Crippen LogP contribution in [0.4, 0.5) is 5.69 Å². The second-order valence-corrected chi connectivity index (χ2v) is 10.2. The van der Waals surface area contributed by atoms with Crippen LogP contribution in [0.2, 0.25) is 10.0 Å². The Labute approximate surface area is 209 Å². The average molecular weight is 503 g/mol. The molecule has 3 heterocycles. The van der Waals surface area contributed by atoms with Crippen molar-refractivity contribution in [1.29, 1.82) is 0 Å². The van der Waals surface area contributed by atoms with E-state index < -0.39 is 5.60 Å². The Hall–Kier alpha value is -2.32. The average Bonchev–Trinajstić information content (AvgIpc) is 2.84. The molecule has 0 aromatic heterocycles. The molecule has 3 saturated heterocycles. The number of nitrogens with one attached hydrogen (secondary N) is 1. The van der Waals surface area contributed by atoms with E-state index in [4.69, 9.17) is 23.2 Å². The Morgan fingerprint density at radius 1 is 1.09 bits per heavy atom. The molecule has 0 bridgehead atoms. The first-order valence-corrected chi connectivity index (χ1v) is 12.4. The van der Waals surface area contributed by atoms with Crippen LogP contribution >= 0.6 is 23.2 Å². The normalized spacial score (nSPS) is 25.6. The largest absolute Gasteiger partial charge is 0.384 e. The van der Waals surface area contributed by atoms with Crippen molar-refractivity contribution in [2.45, 2.75) is 24.5 Å². The second-order valence-electron chi connectivity index (χ2n) is 9.36. The molecule has 2 amide bonds. The standard InChI is InChI=1S/C25H28Cl2N4O3/c26-18-6-4-17(5-7-18)25(34)9-8-19-14-30(12-13-31(19)16-25)24(33)20-2-1-3-21(23(20)27)29-11-10-28-22(32)15-29/h1-7,19,34H,8-16H2,(H,28,32)/t19-,25-/m1/s1. The summed E-state index contributed by atoms with van der Waals surface area (Å²) in [6, 6.07) is 13.0. The summed E-state index contributed by atoms with van der Waals surface area (Å²) in [4.78, 5) is 31.3. The topological polar surface area (TPSA) is 76.1 Å². The number of aliphatic hydroxyl groups is 1. The second kappa shape index (κ2) is 9.38. The number of anilines is 1. The van der Waals surface area contributed by atoms with Gasteiger partial charge in [0.1, 0.15) is 5.60 Å². The maximum Gasteiger partial charge on any atom is 0.255 e. The van der Waals surface area contributed by atoms with Gasteiger partial charge in [0.2, 0.25) is 5.91 Å². The number of benzene rings is 2. The van der Waals surface area contributed by atoms with E-state index in [2.05, 4.69) is 10.2 Å². The summed E-state index contributed by atoms with van der Waals surface area (Å²) in [6.45, 7) is 3.83. The molecule has 0 radical (unpaired) electrons. The number of fused-ring (bicyclic) bond motifs is 1. The van der Waals surface area contributed by atoms with Gasteiger partial charge in [0.25, 0.3) is 5.91 Å². The number of carbonyl (C=O) groups excluding carboxylic acids is 2. The first kappa shape index (κ1) is 23.4. The molecule has 7 nitrogen and oxygen atoms in total. The van der Waals surface area contributed by atoms with Crippen molar-refractivity contribution in [2.75, 3.05) is 50.7 Å². The zero-order chi connectivity index (χ0) is 23.9. The fraction of sp³-hybridized carbons (Fsp3) is 0.440. The SMILES string of the molecule is O=C1CN(c2cccc(C(=O)N3CCN4C[C@@](O)(c5ccc(Cl)cc5)CC[C@@H]4C3)c2Cl)CCN1. The van der Waals surface area contributed by atoms with Crippen molar-refractivity contribution in [2.24, 2.45) is 0 Å². The Bertz CT molecular complexity index is 1100. The summed E-state index contributed by atoms with van der Waals surface area (Å²) in [5.74, 6) is -0.141. The monoisotopic (exact) mass is 502 g/mol. The molecule has 0 unspecified atom stereocenters. The number of halogens is 2. The lowest BCUT2D eigenvalue weighted by molar-refractivity contribution is -0.120. The number of piperazine rings is 2. The van der Waals surface area contributed by atoms with Crippen LogP contribution in [0.15, 0.2) is 42.5 Å². The Morgan fingerprint density at radius 3 is 2.65 bits per heavy atom. The van der Waals surface area contributed by atoms with Crippen molar-refractivity contribution < 1.29 is 14.7 Å². The van der Waals surface area contributed by atoms with E-state index in [1.54, 1.807) is 6.07 Å². The summed E-state index contributed by atoms with van der Waals surface area (Å²) < 4.78 is 0. The van der Waals surface area contributed by atoms with Gasteiger partial charge in [0, 0.05) is 50.3 Å². The van der Waals surface area contributed by atoms with Crippen LogP contribution in [0.5, 0.6) is 0 Å². The molecule has 3 aliphatic rings. The molecule has 0 aliphatic carbocycles. The van der Waals surface area contributed by atoms with Gasteiger partial charge >= 0.3 is 0 Å². The number of nitrogens with zero attached hydrogens (tertiary/aromatic N) is 3. The van der Waals surface area contributed by atoms with Gasteiger partial charge in [0.15, 0.2) is 0 Å². The quantitative estimate of drug-likeness (QED) is 0.674. The van der Waals surface area contributed by atoms with Crippen molar-refractivity contribution in [3.63, 3.8) is 0 Å². The first-order valence-electron chi connectivity index (χ1n) is 11.7. The maximum atomic E-state index is 13.4. The number of piperidine rings is 1. The molecule has 9 heteroatoms. The summed E-state index contributed by atoms with van der Waals surface area (Å²) in [6.07, 6.45) is 1.42. The number of carbonyl (C=O) groups is 2. The van der Waals surface area contributed by atoms with Crippen LogP contribution in [0.1, 0.15) is 28.8 Å². The van der Waals surface area contributed by atoms with Gasteiger partial charge in [-0.15, -0.1) is 0 Å². The van der Waals surface area contributed by atoms with Gasteiger partial charge in [-0.3, -0.25) is 14.5 Å². The first-order chi connectivity index (χ1) is 16.3. The van der Waals surface area contributed by atoms with Gasteiger partial charge in [-0.1, -0.05) is 41.4 Å². The van der Waals surface area contributed by atoms with Crippen LogP contribution in [0.3, 0.4) is 0 Å². The van der Waals surface area contributed by atoms with Crippen LogP contribution in [-0.2, 0) is 10.4 Å². The molecular formula is C25H28Cl2N4O3. The van der Waals surface area contributed by atoms with Gasteiger partial charge < -0.3 is 20.2 Å². The highest BCUT2D eigenvalue weighted by molar-refractivity contribution is 6.36. The zero-order valence-electron chi connectivity index (χ0n) is 18.8. The highest BCUT2D eigenvalue weighted by Crippen LogP contribution is 2.37. The molecular weight excluding hydrogens is 475 g/mol. The molecule has 0 saturated carbocycles. The maximum absolute atomic E-state index is 13.4. The molecule has 3 fully saturated rings. The summed E-state index contributed by atoms with van der Waals surface area (Å²) in [5.41, 5.74) is 1.15. The third-order valence-corrected chi connectivity index (χ3v) is 7.87. The van der Waals surface area contributed by atoms with Crippen LogP contribution in [-0.4, -0.2) is 78.6 Å². The number of amides is 2. The van der Waals surface area contributed by atoms with Gasteiger partial charge in [-0.2, -0.15) is 0 Å². The van der Waals surface area contributed by atoms with E-state index in [1.807, 2.05) is 46.2 Å². The van der Waals surface area contributed by atoms with Gasteiger partial charge in [0.05, 0.1) is 22.8 Å². The lowest BCUT2D eigenvalue weighted by Crippen LogP contribution is -2.60. The minimum atomic E-state index is -0.911. The lowest BCUT2D eigenvalue weighted by atomic mass is 9.82. The van der Waals surface area contributed by atoms with Crippen molar-refractivity contribution >= 4 is 40.7 Å². The predicted molar refractivity (Wildman–Crippen MR) is 133 cm³/mol. The van der Waals surface area contributed by atoms with E-state index in [0.717, 1.165) is 12.0 Å². The fourth-order valence-corrected chi connectivity index (χ4v) is 5.77. The summed E-state index contributed by atoms with van der Waals surface area (Å²) >= 11 is 12.7. The molecule has 34 heavy (non-hydrogen) atoms. The Kier molecular flexibility index (Phi) is 6.46. The van der Waals surface area contributed by atoms with Crippen molar-refractivity contribution in [3.05, 3.63) is 63.6 Å². The molecule has 2 aromatic carbocycles. The van der Waals surface area contributed by atoms with Crippen LogP contribution in [0.25, 0.3) is 0 Å². The van der Waals surface area contributed by atoms with Crippen LogP contribution in [0, 0.1) is 0 Å². The molecule has 2 N–H and O–H groups in total. The Balaban J connectivity index is 1.28. The summed E-state index contributed by atoms with van der Waals surface area (Å²) in [7, 11) is 0. The van der Waals surface area contributed by atoms with Gasteiger partial charge in [-0.25, -0.2) is 0 Å². The number of hydrogen-bond donors (Lipinski definition) is 2. The highest BCUT2D eigenvalue weighted by atomic mass is 35.5. The molecule has 5 rings (SSSR count). The molecule has 2 atom stereocenters. The number of hydrogen-bond acceptors (Lipinski definition) is 5. The minimum Gasteiger partial charge on any atom is -0.384 e. The third kappa shape index (κ3) is 4.50. The number of rotatable bonds is 3. The van der Waals surface area contributed by atoms with E-state index in [1.165, 1.54) is 0 Å². The Morgan fingerprint density at radius 2 is 1.88 bits per heavy atom. The van der Waals surface area contributed by atoms with Crippen LogP contribution < -0.4 is 10.2 Å². The molecule has 2 aromatic rings. The summed E-state index contributed by atoms with van der Waals surface area (Å²) in [5, 5.41) is 15.2. The van der Waals surface area contributed by atoms with E-state index in [-0.39, 0.29) is 24.4 Å². The van der Waals surface area contributed by atoms with Crippen molar-refractivity contribution in [1.82, 2.24) is 15.1 Å². The smallest absolute Gasteiger partial charge is 0.255 e. The van der Waals surface area contributed by atoms with E-state index in [9.17, 15) is 14.7 Å². The van der Waals surface area contributed by atoms with E-state index >= 15 is 0 Å². The fourth-order valence-electron chi connectivity index (χ4n) is 5.32. The van der Waals surface area contributed by atoms with E-state index in [0.29, 0.717) is 67.0 Å². The minimum absolute atomic E-state index is 0.0500. The molecule has 180 valence electrons. The predicted octanol–water partition coefficient (Wildman–Crippen LogP) is 2.74. The van der Waals surface area contributed by atoms with Gasteiger partial charge in [-0.05, 0) is 42.7 Å².